The lowest BCUT2D eigenvalue weighted by Gasteiger charge is -2.26. The van der Waals surface area contributed by atoms with Gasteiger partial charge in [-0.1, -0.05) is 0 Å². The van der Waals surface area contributed by atoms with Gasteiger partial charge < -0.3 is 20.5 Å². The van der Waals surface area contributed by atoms with Gasteiger partial charge in [0.1, 0.15) is 0 Å². The smallest absolute Gasteiger partial charge is 0.314 e. The van der Waals surface area contributed by atoms with E-state index in [-0.39, 0.29) is 19.0 Å². The number of ether oxygens (including phenoxy) is 1. The van der Waals surface area contributed by atoms with Crippen LogP contribution in [0.4, 0.5) is 4.79 Å². The molecule has 0 aromatic carbocycles. The van der Waals surface area contributed by atoms with Gasteiger partial charge >= 0.3 is 12.0 Å². The third-order valence-electron chi connectivity index (χ3n) is 2.44. The minimum absolute atomic E-state index is 0.0586. The molecule has 0 atom stereocenters. The molecule has 3 N–H and O–H groups in total. The van der Waals surface area contributed by atoms with Crippen molar-refractivity contribution in [1.29, 1.82) is 0 Å². The lowest BCUT2D eigenvalue weighted by atomic mass is 10.4. The summed E-state index contributed by atoms with van der Waals surface area (Å²) in [5, 5.41) is 13.5. The minimum atomic E-state index is -0.918. The fourth-order valence-electron chi connectivity index (χ4n) is 1.50. The van der Waals surface area contributed by atoms with Crippen LogP contribution in [0.2, 0.25) is 0 Å². The van der Waals surface area contributed by atoms with E-state index >= 15 is 0 Å². The standard InChI is InChI=1S/C10H19N3O4/c14-9(15)1-2-11-10(16)12-3-4-13-5-7-17-8-6-13/h1-8H2,(H,14,15)(H2,11,12,16). The van der Waals surface area contributed by atoms with E-state index in [2.05, 4.69) is 15.5 Å². The summed E-state index contributed by atoms with van der Waals surface area (Å²) in [5.41, 5.74) is 0. The second-order valence-corrected chi connectivity index (χ2v) is 3.78. The third-order valence-corrected chi connectivity index (χ3v) is 2.44. The van der Waals surface area contributed by atoms with Crippen LogP contribution in [-0.4, -0.2) is 67.9 Å². The molecule has 1 fully saturated rings. The Kier molecular flexibility index (Phi) is 6.34. The van der Waals surface area contributed by atoms with Gasteiger partial charge in [-0.3, -0.25) is 9.69 Å². The van der Waals surface area contributed by atoms with Crippen LogP contribution in [0.15, 0.2) is 0 Å². The van der Waals surface area contributed by atoms with Crippen LogP contribution in [0, 0.1) is 0 Å². The SMILES string of the molecule is O=C(O)CCNC(=O)NCCN1CCOCC1. The van der Waals surface area contributed by atoms with Gasteiger partial charge in [-0.05, 0) is 0 Å². The molecule has 0 unspecified atom stereocenters. The van der Waals surface area contributed by atoms with Crippen LogP contribution < -0.4 is 10.6 Å². The molecule has 1 rings (SSSR count). The predicted molar refractivity (Wildman–Crippen MR) is 60.9 cm³/mol. The van der Waals surface area contributed by atoms with Crippen molar-refractivity contribution < 1.29 is 19.4 Å². The van der Waals surface area contributed by atoms with Crippen LogP contribution >= 0.6 is 0 Å². The number of carbonyl (C=O) groups is 2. The first kappa shape index (κ1) is 13.7. The zero-order chi connectivity index (χ0) is 12.5. The largest absolute Gasteiger partial charge is 0.481 e. The number of carbonyl (C=O) groups excluding carboxylic acids is 1. The summed E-state index contributed by atoms with van der Waals surface area (Å²) in [6, 6.07) is -0.320. The maximum Gasteiger partial charge on any atom is 0.314 e. The Labute approximate surface area is 100 Å². The number of carboxylic acids is 1. The van der Waals surface area contributed by atoms with Crippen molar-refractivity contribution in [2.75, 3.05) is 45.9 Å². The number of nitrogens with zero attached hydrogens (tertiary/aromatic N) is 1. The first-order valence-electron chi connectivity index (χ1n) is 5.72. The topological polar surface area (TPSA) is 90.9 Å². The monoisotopic (exact) mass is 245 g/mol. The normalized spacial score (nSPS) is 16.5. The van der Waals surface area contributed by atoms with Gasteiger partial charge in [0.15, 0.2) is 0 Å². The molecule has 17 heavy (non-hydrogen) atoms. The van der Waals surface area contributed by atoms with Crippen LogP contribution in [0.25, 0.3) is 0 Å². The highest BCUT2D eigenvalue weighted by Gasteiger charge is 2.09. The molecule has 0 aliphatic carbocycles. The predicted octanol–water partition coefficient (Wildman–Crippen LogP) is -0.907. The number of aliphatic carboxylic acids is 1. The third kappa shape index (κ3) is 6.75. The maximum absolute atomic E-state index is 11.2. The molecule has 0 saturated carbocycles. The van der Waals surface area contributed by atoms with E-state index in [1.165, 1.54) is 0 Å². The number of rotatable bonds is 6. The van der Waals surface area contributed by atoms with E-state index in [0.29, 0.717) is 6.54 Å². The average Bonchev–Trinajstić information content (AvgIpc) is 2.30. The molecule has 7 nitrogen and oxygen atoms in total. The van der Waals surface area contributed by atoms with Crippen LogP contribution in [-0.2, 0) is 9.53 Å². The van der Waals surface area contributed by atoms with Gasteiger partial charge in [0, 0.05) is 32.7 Å². The highest BCUT2D eigenvalue weighted by Crippen LogP contribution is 1.94. The summed E-state index contributed by atoms with van der Waals surface area (Å²) in [5.74, 6) is -0.918. The van der Waals surface area contributed by atoms with E-state index < -0.39 is 5.97 Å². The van der Waals surface area contributed by atoms with Crippen molar-refractivity contribution in [3.63, 3.8) is 0 Å². The van der Waals surface area contributed by atoms with Gasteiger partial charge in [-0.25, -0.2) is 4.79 Å². The summed E-state index contributed by atoms with van der Waals surface area (Å²) in [6.45, 7) is 4.76. The Bertz CT molecular complexity index is 254. The van der Waals surface area contributed by atoms with Crippen molar-refractivity contribution in [2.45, 2.75) is 6.42 Å². The molecule has 1 saturated heterocycles. The van der Waals surface area contributed by atoms with E-state index in [1.807, 2.05) is 0 Å². The summed E-state index contributed by atoms with van der Waals surface area (Å²) in [4.78, 5) is 23.6. The molecule has 98 valence electrons. The second kappa shape index (κ2) is 7.86. The average molecular weight is 245 g/mol. The Morgan fingerprint density at radius 3 is 2.47 bits per heavy atom. The fourth-order valence-corrected chi connectivity index (χ4v) is 1.50. The van der Waals surface area contributed by atoms with Crippen LogP contribution in [0.5, 0.6) is 0 Å². The zero-order valence-corrected chi connectivity index (χ0v) is 9.78. The Balaban J connectivity index is 1.97. The second-order valence-electron chi connectivity index (χ2n) is 3.78. The molecule has 1 aliphatic rings. The Morgan fingerprint density at radius 2 is 1.82 bits per heavy atom. The van der Waals surface area contributed by atoms with E-state index in [0.717, 1.165) is 32.8 Å². The summed E-state index contributed by atoms with van der Waals surface area (Å²) in [6.07, 6.45) is -0.0586. The number of urea groups is 1. The molecule has 7 heteroatoms. The first-order chi connectivity index (χ1) is 8.18. The van der Waals surface area contributed by atoms with Crippen molar-refractivity contribution in [2.24, 2.45) is 0 Å². The summed E-state index contributed by atoms with van der Waals surface area (Å²) < 4.78 is 5.21. The quantitative estimate of drug-likeness (QED) is 0.563. The molecule has 0 spiro atoms. The van der Waals surface area contributed by atoms with Crippen molar-refractivity contribution in [1.82, 2.24) is 15.5 Å². The lowest BCUT2D eigenvalue weighted by molar-refractivity contribution is -0.136. The first-order valence-corrected chi connectivity index (χ1v) is 5.72. The van der Waals surface area contributed by atoms with Gasteiger partial charge in [0.05, 0.1) is 19.6 Å². The number of carboxylic acid groups (broad SMARTS) is 1. The van der Waals surface area contributed by atoms with E-state index in [9.17, 15) is 9.59 Å². The fraction of sp³-hybridized carbons (Fsp3) is 0.800. The van der Waals surface area contributed by atoms with E-state index in [4.69, 9.17) is 9.84 Å². The molecular formula is C10H19N3O4. The number of amides is 2. The lowest BCUT2D eigenvalue weighted by Crippen LogP contribution is -2.44. The minimum Gasteiger partial charge on any atom is -0.481 e. The molecular weight excluding hydrogens is 226 g/mol. The number of nitrogens with one attached hydrogen (secondary N) is 2. The molecule has 1 aliphatic heterocycles. The van der Waals surface area contributed by atoms with Crippen molar-refractivity contribution in [3.05, 3.63) is 0 Å². The Hall–Kier alpha value is -1.34. The molecule has 2 amide bonds. The number of hydrogen-bond donors (Lipinski definition) is 3. The van der Waals surface area contributed by atoms with Gasteiger partial charge in [0.2, 0.25) is 0 Å². The van der Waals surface area contributed by atoms with Crippen LogP contribution in [0.1, 0.15) is 6.42 Å². The highest BCUT2D eigenvalue weighted by molar-refractivity contribution is 5.74. The van der Waals surface area contributed by atoms with Crippen molar-refractivity contribution >= 4 is 12.0 Å². The number of hydrogen-bond acceptors (Lipinski definition) is 4. The highest BCUT2D eigenvalue weighted by atomic mass is 16.5. The van der Waals surface area contributed by atoms with Gasteiger partial charge in [-0.2, -0.15) is 0 Å². The summed E-state index contributed by atoms with van der Waals surface area (Å²) in [7, 11) is 0. The van der Waals surface area contributed by atoms with Gasteiger partial charge in [0.25, 0.3) is 0 Å². The number of morpholine rings is 1. The van der Waals surface area contributed by atoms with Crippen molar-refractivity contribution in [3.8, 4) is 0 Å². The Morgan fingerprint density at radius 1 is 1.18 bits per heavy atom. The molecule has 1 heterocycles. The molecule has 0 aromatic heterocycles. The molecule has 0 bridgehead atoms. The molecule has 0 radical (unpaired) electrons. The van der Waals surface area contributed by atoms with Crippen LogP contribution in [0.3, 0.4) is 0 Å². The zero-order valence-electron chi connectivity index (χ0n) is 9.78. The van der Waals surface area contributed by atoms with E-state index in [1.54, 1.807) is 0 Å². The summed E-state index contributed by atoms with van der Waals surface area (Å²) >= 11 is 0. The molecule has 0 aromatic rings. The maximum atomic E-state index is 11.2. The van der Waals surface area contributed by atoms with Gasteiger partial charge in [-0.15, -0.1) is 0 Å².